The Hall–Kier alpha value is -0.640. The summed E-state index contributed by atoms with van der Waals surface area (Å²) in [6, 6.07) is 4.59. The molecule has 2 N–H and O–H groups in total. The van der Waals surface area contributed by atoms with E-state index in [2.05, 4.69) is 25.9 Å². The Bertz CT molecular complexity index is 482. The molecule has 0 bridgehead atoms. The molecule has 0 saturated heterocycles. The molecule has 1 unspecified atom stereocenters. The number of hydrogen-bond acceptors (Lipinski definition) is 2. The Morgan fingerprint density at radius 2 is 2.00 bits per heavy atom. The van der Waals surface area contributed by atoms with Crippen LogP contribution >= 0.6 is 11.6 Å². The zero-order valence-electron chi connectivity index (χ0n) is 13.2. The molecule has 0 aliphatic heterocycles. The molecule has 1 fully saturated rings. The molecule has 0 spiro atoms. The van der Waals surface area contributed by atoms with Gasteiger partial charge in [0.25, 0.3) is 0 Å². The quantitative estimate of drug-likeness (QED) is 0.914. The van der Waals surface area contributed by atoms with Gasteiger partial charge in [-0.1, -0.05) is 24.6 Å². The maximum absolute atomic E-state index is 13.2. The molecule has 0 aromatic heterocycles. The van der Waals surface area contributed by atoms with Gasteiger partial charge in [0.05, 0.1) is 0 Å². The van der Waals surface area contributed by atoms with Crippen molar-refractivity contribution in [3.8, 4) is 0 Å². The average molecular weight is 313 g/mol. The van der Waals surface area contributed by atoms with E-state index in [1.165, 1.54) is 25.0 Å². The number of likely N-dealkylation sites (N-methyl/N-ethyl adjacent to an activating group) is 1. The lowest BCUT2D eigenvalue weighted by atomic mass is 9.71. The summed E-state index contributed by atoms with van der Waals surface area (Å²) in [6.07, 6.45) is 5.33. The third kappa shape index (κ3) is 3.58. The van der Waals surface area contributed by atoms with E-state index in [0.717, 1.165) is 24.3 Å². The Morgan fingerprint density at radius 1 is 1.38 bits per heavy atom. The maximum Gasteiger partial charge on any atom is 0.124 e. The Kier molecular flexibility index (Phi) is 5.29. The van der Waals surface area contributed by atoms with Gasteiger partial charge >= 0.3 is 0 Å². The summed E-state index contributed by atoms with van der Waals surface area (Å²) in [5.74, 6) is 0.478. The molecule has 1 saturated carbocycles. The Balaban J connectivity index is 2.17. The third-order valence-electron chi connectivity index (χ3n) is 5.18. The molecule has 1 aromatic carbocycles. The summed E-state index contributed by atoms with van der Waals surface area (Å²) < 4.78 is 13.2. The van der Waals surface area contributed by atoms with Gasteiger partial charge in [-0.25, -0.2) is 4.39 Å². The largest absolute Gasteiger partial charge is 0.326 e. The van der Waals surface area contributed by atoms with E-state index in [-0.39, 0.29) is 17.4 Å². The van der Waals surface area contributed by atoms with Crippen LogP contribution in [0.1, 0.15) is 38.2 Å². The SMILES string of the molecule is CC1CCC(C(N)Cc2ccc(F)cc2Cl)(N(C)C)CC1. The van der Waals surface area contributed by atoms with Crippen LogP contribution in [-0.2, 0) is 6.42 Å². The van der Waals surface area contributed by atoms with Crippen LogP contribution in [0.4, 0.5) is 4.39 Å². The molecule has 1 aliphatic carbocycles. The lowest BCUT2D eigenvalue weighted by Crippen LogP contribution is -2.59. The minimum absolute atomic E-state index is 0.00274. The Morgan fingerprint density at radius 3 is 2.52 bits per heavy atom. The van der Waals surface area contributed by atoms with Crippen LogP contribution in [0.3, 0.4) is 0 Å². The van der Waals surface area contributed by atoms with Crippen molar-refractivity contribution in [1.82, 2.24) is 4.90 Å². The minimum atomic E-state index is -0.300. The van der Waals surface area contributed by atoms with Gasteiger partial charge in [0.15, 0.2) is 0 Å². The fraction of sp³-hybridized carbons (Fsp3) is 0.647. The summed E-state index contributed by atoms with van der Waals surface area (Å²) in [5.41, 5.74) is 7.53. The first-order valence-electron chi connectivity index (χ1n) is 7.72. The maximum atomic E-state index is 13.2. The van der Waals surface area contributed by atoms with Gasteiger partial charge < -0.3 is 10.6 Å². The highest BCUT2D eigenvalue weighted by atomic mass is 35.5. The summed E-state index contributed by atoms with van der Waals surface area (Å²) in [7, 11) is 4.23. The Labute approximate surface area is 132 Å². The van der Waals surface area contributed by atoms with Crippen molar-refractivity contribution in [3.63, 3.8) is 0 Å². The van der Waals surface area contributed by atoms with Gasteiger partial charge in [-0.2, -0.15) is 0 Å². The fourth-order valence-corrected chi connectivity index (χ4v) is 3.77. The second-order valence-electron chi connectivity index (χ2n) is 6.73. The van der Waals surface area contributed by atoms with Gasteiger partial charge in [-0.05, 0) is 69.8 Å². The smallest absolute Gasteiger partial charge is 0.124 e. The van der Waals surface area contributed by atoms with Crippen LogP contribution in [0.5, 0.6) is 0 Å². The molecule has 2 nitrogen and oxygen atoms in total. The van der Waals surface area contributed by atoms with Crippen LogP contribution < -0.4 is 5.73 Å². The lowest BCUT2D eigenvalue weighted by molar-refractivity contribution is 0.0568. The first-order valence-corrected chi connectivity index (χ1v) is 8.10. The number of hydrogen-bond donors (Lipinski definition) is 1. The van der Waals surface area contributed by atoms with Crippen molar-refractivity contribution >= 4 is 11.6 Å². The first-order chi connectivity index (χ1) is 9.85. The minimum Gasteiger partial charge on any atom is -0.326 e. The number of rotatable bonds is 4. The molecule has 118 valence electrons. The number of halogens is 2. The highest BCUT2D eigenvalue weighted by molar-refractivity contribution is 6.31. The molecule has 2 rings (SSSR count). The van der Waals surface area contributed by atoms with Crippen molar-refractivity contribution in [2.45, 2.75) is 50.6 Å². The van der Waals surface area contributed by atoms with Gasteiger partial charge in [0.2, 0.25) is 0 Å². The standard InChI is InChI=1S/C17H26ClFN2/c1-12-6-8-17(9-7-12,21(2)3)16(20)10-13-4-5-14(19)11-15(13)18/h4-5,11-12,16H,6-10,20H2,1-3H3. The van der Waals surface area contributed by atoms with Gasteiger partial charge in [0.1, 0.15) is 5.82 Å². The van der Waals surface area contributed by atoms with Crippen LogP contribution in [0.15, 0.2) is 18.2 Å². The van der Waals surface area contributed by atoms with Gasteiger partial charge in [0, 0.05) is 16.6 Å². The molecular formula is C17H26ClFN2. The molecule has 1 aliphatic rings. The van der Waals surface area contributed by atoms with Crippen molar-refractivity contribution in [2.75, 3.05) is 14.1 Å². The van der Waals surface area contributed by atoms with E-state index in [9.17, 15) is 4.39 Å². The van der Waals surface area contributed by atoms with Crippen molar-refractivity contribution < 1.29 is 4.39 Å². The van der Waals surface area contributed by atoms with E-state index >= 15 is 0 Å². The van der Waals surface area contributed by atoms with Crippen LogP contribution in [0, 0.1) is 11.7 Å². The molecular weight excluding hydrogens is 287 g/mol. The predicted molar refractivity (Wildman–Crippen MR) is 87.1 cm³/mol. The second-order valence-corrected chi connectivity index (χ2v) is 7.13. The zero-order valence-corrected chi connectivity index (χ0v) is 14.0. The molecule has 21 heavy (non-hydrogen) atoms. The molecule has 0 heterocycles. The normalized spacial score (nSPS) is 27.9. The van der Waals surface area contributed by atoms with E-state index in [1.807, 2.05) is 0 Å². The van der Waals surface area contributed by atoms with Crippen LogP contribution in [-0.4, -0.2) is 30.6 Å². The predicted octanol–water partition coefficient (Wildman–Crippen LogP) is 3.86. The monoisotopic (exact) mass is 312 g/mol. The van der Waals surface area contributed by atoms with Gasteiger partial charge in [-0.15, -0.1) is 0 Å². The molecule has 1 atom stereocenters. The highest BCUT2D eigenvalue weighted by Crippen LogP contribution is 2.38. The molecule has 0 amide bonds. The summed E-state index contributed by atoms with van der Waals surface area (Å²) in [4.78, 5) is 2.28. The van der Waals surface area contributed by atoms with Crippen LogP contribution in [0.25, 0.3) is 0 Å². The number of benzene rings is 1. The molecule has 0 radical (unpaired) electrons. The average Bonchev–Trinajstić information content (AvgIpc) is 2.42. The lowest BCUT2D eigenvalue weighted by Gasteiger charge is -2.48. The topological polar surface area (TPSA) is 29.3 Å². The summed E-state index contributed by atoms with van der Waals surface area (Å²) >= 11 is 6.15. The van der Waals surface area contributed by atoms with E-state index in [1.54, 1.807) is 6.07 Å². The highest BCUT2D eigenvalue weighted by Gasteiger charge is 2.41. The van der Waals surface area contributed by atoms with Crippen molar-refractivity contribution in [2.24, 2.45) is 11.7 Å². The van der Waals surface area contributed by atoms with E-state index < -0.39 is 0 Å². The third-order valence-corrected chi connectivity index (χ3v) is 5.53. The summed E-state index contributed by atoms with van der Waals surface area (Å²) in [6.45, 7) is 2.31. The van der Waals surface area contributed by atoms with Crippen molar-refractivity contribution in [3.05, 3.63) is 34.6 Å². The molecule has 1 aromatic rings. The zero-order chi connectivity index (χ0) is 15.6. The fourth-order valence-electron chi connectivity index (χ4n) is 3.53. The van der Waals surface area contributed by atoms with E-state index in [0.29, 0.717) is 11.4 Å². The van der Waals surface area contributed by atoms with Crippen LogP contribution in [0.2, 0.25) is 5.02 Å². The second kappa shape index (κ2) is 6.64. The first kappa shape index (κ1) is 16.7. The molecule has 4 heteroatoms. The van der Waals surface area contributed by atoms with Gasteiger partial charge in [-0.3, -0.25) is 0 Å². The number of nitrogens with zero attached hydrogens (tertiary/aromatic N) is 1. The van der Waals surface area contributed by atoms with Crippen molar-refractivity contribution in [1.29, 1.82) is 0 Å². The number of nitrogens with two attached hydrogens (primary N) is 1. The summed E-state index contributed by atoms with van der Waals surface area (Å²) in [5, 5.41) is 0.475. The van der Waals surface area contributed by atoms with E-state index in [4.69, 9.17) is 17.3 Å².